The Labute approximate surface area is 70.4 Å². The number of aromatic nitrogens is 1. The Kier molecular flexibility index (Phi) is 2.84. The molecule has 0 aliphatic carbocycles. The van der Waals surface area contributed by atoms with Gasteiger partial charge in [0.05, 0.1) is 7.11 Å². The molecule has 0 bridgehead atoms. The normalized spacial score (nSPS) is 13.0. The highest BCUT2D eigenvalue weighted by molar-refractivity contribution is 7.13. The van der Waals surface area contributed by atoms with E-state index < -0.39 is 0 Å². The van der Waals surface area contributed by atoms with Gasteiger partial charge in [-0.3, -0.25) is 0 Å². The van der Waals surface area contributed by atoms with E-state index in [0.29, 0.717) is 6.04 Å². The van der Waals surface area contributed by atoms with Crippen LogP contribution in [0.4, 0.5) is 0 Å². The van der Waals surface area contributed by atoms with Crippen molar-refractivity contribution in [2.45, 2.75) is 13.0 Å². The summed E-state index contributed by atoms with van der Waals surface area (Å²) in [5, 5.41) is 3.86. The Hall–Kier alpha value is -0.610. The molecule has 0 saturated carbocycles. The number of thiazole rings is 1. The van der Waals surface area contributed by atoms with Crippen LogP contribution < -0.4 is 10.1 Å². The zero-order chi connectivity index (χ0) is 8.27. The van der Waals surface area contributed by atoms with Crippen LogP contribution in [0.2, 0.25) is 0 Å². The maximum Gasteiger partial charge on any atom is 0.273 e. The fourth-order valence-corrected chi connectivity index (χ4v) is 1.50. The molecule has 1 rings (SSSR count). The highest BCUT2D eigenvalue weighted by Crippen LogP contribution is 2.24. The van der Waals surface area contributed by atoms with Crippen LogP contribution in [-0.2, 0) is 0 Å². The molecule has 0 aromatic carbocycles. The third-order valence-corrected chi connectivity index (χ3v) is 2.68. The van der Waals surface area contributed by atoms with Crippen molar-refractivity contribution in [3.05, 3.63) is 11.1 Å². The minimum atomic E-state index is 0.358. The third-order valence-electron chi connectivity index (χ3n) is 1.54. The minimum Gasteiger partial charge on any atom is -0.473 e. The number of hydrogen-bond donors (Lipinski definition) is 1. The predicted octanol–water partition coefficient (Wildman–Crippen LogP) is 1.43. The Morgan fingerprint density at radius 1 is 1.73 bits per heavy atom. The first kappa shape index (κ1) is 8.49. The van der Waals surface area contributed by atoms with Crippen molar-refractivity contribution < 1.29 is 4.74 Å². The van der Waals surface area contributed by atoms with Crippen LogP contribution in [0, 0.1) is 0 Å². The molecule has 1 heterocycles. The molecule has 0 aliphatic rings. The van der Waals surface area contributed by atoms with Crippen molar-refractivity contribution in [1.29, 1.82) is 0 Å². The first-order chi connectivity index (χ1) is 5.27. The van der Waals surface area contributed by atoms with Gasteiger partial charge in [-0.15, -0.1) is 0 Å². The number of rotatable bonds is 3. The molecule has 11 heavy (non-hydrogen) atoms. The second-order valence-electron chi connectivity index (χ2n) is 2.24. The lowest BCUT2D eigenvalue weighted by atomic mass is 10.3. The fraction of sp³-hybridized carbons (Fsp3) is 0.571. The van der Waals surface area contributed by atoms with E-state index in [1.807, 2.05) is 13.2 Å². The fourth-order valence-electron chi connectivity index (χ4n) is 0.707. The van der Waals surface area contributed by atoms with Crippen molar-refractivity contribution in [3.63, 3.8) is 0 Å². The first-order valence-electron chi connectivity index (χ1n) is 3.45. The monoisotopic (exact) mass is 172 g/mol. The van der Waals surface area contributed by atoms with Gasteiger partial charge in [0, 0.05) is 17.1 Å². The Morgan fingerprint density at radius 3 is 2.91 bits per heavy atom. The number of ether oxygens (including phenoxy) is 1. The van der Waals surface area contributed by atoms with Gasteiger partial charge in [-0.05, 0) is 14.0 Å². The van der Waals surface area contributed by atoms with E-state index >= 15 is 0 Å². The SMILES string of the molecule is CNC(C)c1cnc(OC)s1. The summed E-state index contributed by atoms with van der Waals surface area (Å²) in [5.41, 5.74) is 0. The highest BCUT2D eigenvalue weighted by Gasteiger charge is 2.06. The van der Waals surface area contributed by atoms with Gasteiger partial charge in [0.25, 0.3) is 5.19 Å². The van der Waals surface area contributed by atoms with Crippen molar-refractivity contribution >= 4 is 11.3 Å². The van der Waals surface area contributed by atoms with Crippen LogP contribution in [0.15, 0.2) is 6.20 Å². The third kappa shape index (κ3) is 1.91. The van der Waals surface area contributed by atoms with Crippen LogP contribution in [0.3, 0.4) is 0 Å². The molecule has 0 radical (unpaired) electrons. The summed E-state index contributed by atoms with van der Waals surface area (Å²) in [5.74, 6) is 0. The van der Waals surface area contributed by atoms with Crippen molar-refractivity contribution in [1.82, 2.24) is 10.3 Å². The number of nitrogens with zero attached hydrogens (tertiary/aromatic N) is 1. The molecule has 1 atom stereocenters. The molecule has 3 nitrogen and oxygen atoms in total. The van der Waals surface area contributed by atoms with E-state index in [1.165, 1.54) is 4.88 Å². The lowest BCUT2D eigenvalue weighted by Crippen LogP contribution is -2.10. The van der Waals surface area contributed by atoms with Gasteiger partial charge in [0.1, 0.15) is 0 Å². The van der Waals surface area contributed by atoms with Crippen LogP contribution in [0.25, 0.3) is 0 Å². The molecular weight excluding hydrogens is 160 g/mol. The minimum absolute atomic E-state index is 0.358. The van der Waals surface area contributed by atoms with Crippen molar-refractivity contribution in [3.8, 4) is 5.19 Å². The predicted molar refractivity (Wildman–Crippen MR) is 46.1 cm³/mol. The van der Waals surface area contributed by atoms with Crippen LogP contribution in [-0.4, -0.2) is 19.1 Å². The number of nitrogens with one attached hydrogen (secondary N) is 1. The molecule has 0 aliphatic heterocycles. The van der Waals surface area contributed by atoms with Gasteiger partial charge in [-0.25, -0.2) is 4.98 Å². The Bertz CT molecular complexity index is 224. The van der Waals surface area contributed by atoms with Crippen LogP contribution in [0.5, 0.6) is 5.19 Å². The zero-order valence-electron chi connectivity index (χ0n) is 6.92. The Balaban J connectivity index is 2.71. The van der Waals surface area contributed by atoms with Gasteiger partial charge >= 0.3 is 0 Å². The molecule has 1 aromatic heterocycles. The van der Waals surface area contributed by atoms with E-state index in [2.05, 4.69) is 17.2 Å². The van der Waals surface area contributed by atoms with E-state index in [0.717, 1.165) is 5.19 Å². The first-order valence-corrected chi connectivity index (χ1v) is 4.26. The molecule has 0 saturated heterocycles. The maximum atomic E-state index is 4.97. The van der Waals surface area contributed by atoms with E-state index in [-0.39, 0.29) is 0 Å². The average molecular weight is 172 g/mol. The molecule has 0 amide bonds. The van der Waals surface area contributed by atoms with E-state index in [9.17, 15) is 0 Å². The standard InChI is InChI=1S/C7H12N2OS/c1-5(8-2)6-4-9-7(10-3)11-6/h4-5,8H,1-3H3. The number of methoxy groups -OCH3 is 1. The van der Waals surface area contributed by atoms with Gasteiger partial charge in [0.15, 0.2) is 0 Å². The smallest absolute Gasteiger partial charge is 0.273 e. The molecule has 1 unspecified atom stereocenters. The summed E-state index contributed by atoms with van der Waals surface area (Å²) >= 11 is 1.57. The van der Waals surface area contributed by atoms with Gasteiger partial charge < -0.3 is 10.1 Å². The van der Waals surface area contributed by atoms with Crippen LogP contribution >= 0.6 is 11.3 Å². The lowest BCUT2D eigenvalue weighted by molar-refractivity contribution is 0.412. The molecule has 1 N–H and O–H groups in total. The second kappa shape index (κ2) is 3.69. The molecule has 62 valence electrons. The summed E-state index contributed by atoms with van der Waals surface area (Å²) in [6, 6.07) is 0.358. The van der Waals surface area contributed by atoms with E-state index in [1.54, 1.807) is 18.4 Å². The van der Waals surface area contributed by atoms with Crippen LogP contribution in [0.1, 0.15) is 17.8 Å². The summed E-state index contributed by atoms with van der Waals surface area (Å²) in [6.45, 7) is 2.09. The highest BCUT2D eigenvalue weighted by atomic mass is 32.1. The largest absolute Gasteiger partial charge is 0.473 e. The summed E-state index contributed by atoms with van der Waals surface area (Å²) in [7, 11) is 3.56. The maximum absolute atomic E-state index is 4.97. The Morgan fingerprint density at radius 2 is 2.45 bits per heavy atom. The average Bonchev–Trinajstić information content (AvgIpc) is 2.50. The second-order valence-corrected chi connectivity index (χ2v) is 3.27. The van der Waals surface area contributed by atoms with Gasteiger partial charge in [-0.2, -0.15) is 0 Å². The molecule has 0 spiro atoms. The van der Waals surface area contributed by atoms with E-state index in [4.69, 9.17) is 4.74 Å². The zero-order valence-corrected chi connectivity index (χ0v) is 7.73. The lowest BCUT2D eigenvalue weighted by Gasteiger charge is -2.04. The topological polar surface area (TPSA) is 34.2 Å². The number of hydrogen-bond acceptors (Lipinski definition) is 4. The molecule has 4 heteroatoms. The summed E-state index contributed by atoms with van der Waals surface area (Å²) in [4.78, 5) is 5.26. The molecular formula is C7H12N2OS. The van der Waals surface area contributed by atoms with Crippen molar-refractivity contribution in [2.75, 3.05) is 14.2 Å². The van der Waals surface area contributed by atoms with Gasteiger partial charge in [0.2, 0.25) is 0 Å². The summed E-state index contributed by atoms with van der Waals surface area (Å²) < 4.78 is 4.97. The molecule has 0 fully saturated rings. The van der Waals surface area contributed by atoms with Gasteiger partial charge in [-0.1, -0.05) is 11.3 Å². The summed E-state index contributed by atoms with van der Waals surface area (Å²) in [6.07, 6.45) is 1.84. The quantitative estimate of drug-likeness (QED) is 0.749. The van der Waals surface area contributed by atoms with Crippen molar-refractivity contribution in [2.24, 2.45) is 0 Å². The molecule has 1 aromatic rings.